The Kier molecular flexibility index (Phi) is 3.09. The summed E-state index contributed by atoms with van der Waals surface area (Å²) in [7, 11) is 0. The van der Waals surface area contributed by atoms with Gasteiger partial charge in [0.1, 0.15) is 11.6 Å². The molecular weight excluding hydrogens is 236 g/mol. The van der Waals surface area contributed by atoms with Crippen LogP contribution in [0.5, 0.6) is 0 Å². The maximum atomic E-state index is 13.1. The first-order chi connectivity index (χ1) is 8.18. The maximum absolute atomic E-state index is 13.1. The number of halogens is 2. The third-order valence-electron chi connectivity index (χ3n) is 3.28. The third-order valence-corrected chi connectivity index (χ3v) is 3.28. The van der Waals surface area contributed by atoms with Gasteiger partial charge in [0.2, 0.25) is 0 Å². The lowest BCUT2D eigenvalue weighted by Gasteiger charge is -2.28. The number of hydrogen-bond acceptors (Lipinski definition) is 2. The lowest BCUT2D eigenvalue weighted by molar-refractivity contribution is -0.0662. The minimum atomic E-state index is -0.575. The Balaban J connectivity index is 2.19. The molecule has 2 nitrogen and oxygen atoms in total. The van der Waals surface area contributed by atoms with Crippen molar-refractivity contribution < 1.29 is 13.5 Å². The van der Waals surface area contributed by atoms with Gasteiger partial charge in [0, 0.05) is 11.8 Å². The number of benzene rings is 1. The second kappa shape index (κ2) is 4.19. The van der Waals surface area contributed by atoms with Crippen LogP contribution in [0.4, 0.5) is 14.5 Å². The molecule has 0 radical (unpaired) electrons. The SMILES string of the molecule is CC1(C)CC(Nc2cc(F)cc(F)c2)C(C)(C)O1. The average Bonchev–Trinajstić information content (AvgIpc) is 2.31. The van der Waals surface area contributed by atoms with Gasteiger partial charge in [-0.25, -0.2) is 8.78 Å². The zero-order chi connectivity index (χ0) is 13.6. The topological polar surface area (TPSA) is 21.3 Å². The van der Waals surface area contributed by atoms with Crippen LogP contribution in [0, 0.1) is 11.6 Å². The van der Waals surface area contributed by atoms with E-state index in [2.05, 4.69) is 5.32 Å². The van der Waals surface area contributed by atoms with Gasteiger partial charge in [0.05, 0.1) is 17.2 Å². The molecular formula is C14H19F2NO. The van der Waals surface area contributed by atoms with Crippen molar-refractivity contribution in [2.75, 3.05) is 5.32 Å². The summed E-state index contributed by atoms with van der Waals surface area (Å²) in [5, 5.41) is 3.16. The molecule has 1 saturated heterocycles. The summed E-state index contributed by atoms with van der Waals surface area (Å²) in [5.41, 5.74) is -0.147. The van der Waals surface area contributed by atoms with Crippen LogP contribution in [0.25, 0.3) is 0 Å². The molecule has 4 heteroatoms. The number of ether oxygens (including phenoxy) is 1. The van der Waals surface area contributed by atoms with Gasteiger partial charge in [-0.2, -0.15) is 0 Å². The lowest BCUT2D eigenvalue weighted by Crippen LogP contribution is -2.38. The molecule has 1 atom stereocenters. The van der Waals surface area contributed by atoms with Crippen LogP contribution in [-0.2, 0) is 4.74 Å². The minimum absolute atomic E-state index is 0.0219. The van der Waals surface area contributed by atoms with Crippen molar-refractivity contribution in [2.24, 2.45) is 0 Å². The average molecular weight is 255 g/mol. The van der Waals surface area contributed by atoms with E-state index in [4.69, 9.17) is 4.74 Å². The van der Waals surface area contributed by atoms with Crippen molar-refractivity contribution in [1.82, 2.24) is 0 Å². The van der Waals surface area contributed by atoms with Gasteiger partial charge in [-0.3, -0.25) is 0 Å². The van der Waals surface area contributed by atoms with Crippen molar-refractivity contribution in [3.63, 3.8) is 0 Å². The summed E-state index contributed by atoms with van der Waals surface area (Å²) in [4.78, 5) is 0. The van der Waals surface area contributed by atoms with E-state index in [9.17, 15) is 8.78 Å². The van der Waals surface area contributed by atoms with Gasteiger partial charge < -0.3 is 10.1 Å². The van der Waals surface area contributed by atoms with Crippen molar-refractivity contribution in [2.45, 2.75) is 51.4 Å². The van der Waals surface area contributed by atoms with Crippen molar-refractivity contribution in [3.8, 4) is 0 Å². The van der Waals surface area contributed by atoms with Crippen LogP contribution in [-0.4, -0.2) is 17.2 Å². The third kappa shape index (κ3) is 2.80. The molecule has 0 amide bonds. The normalized spacial score (nSPS) is 25.1. The highest BCUT2D eigenvalue weighted by molar-refractivity contribution is 5.45. The summed E-state index contributed by atoms with van der Waals surface area (Å²) in [5.74, 6) is -1.15. The van der Waals surface area contributed by atoms with Gasteiger partial charge in [-0.15, -0.1) is 0 Å². The summed E-state index contributed by atoms with van der Waals surface area (Å²) in [6.07, 6.45) is 0.790. The van der Waals surface area contributed by atoms with E-state index < -0.39 is 11.6 Å². The summed E-state index contributed by atoms with van der Waals surface area (Å²) in [6.45, 7) is 8.00. The first-order valence-corrected chi connectivity index (χ1v) is 6.11. The fourth-order valence-corrected chi connectivity index (χ4v) is 2.63. The summed E-state index contributed by atoms with van der Waals surface area (Å²) in [6, 6.07) is 3.48. The number of anilines is 1. The fourth-order valence-electron chi connectivity index (χ4n) is 2.63. The van der Waals surface area contributed by atoms with Crippen LogP contribution in [0.3, 0.4) is 0 Å². The molecule has 2 rings (SSSR count). The van der Waals surface area contributed by atoms with Crippen LogP contribution < -0.4 is 5.32 Å². The Hall–Kier alpha value is -1.16. The molecule has 0 aromatic heterocycles. The molecule has 1 heterocycles. The Morgan fingerprint density at radius 3 is 2.11 bits per heavy atom. The molecule has 1 N–H and O–H groups in total. The van der Waals surface area contributed by atoms with Crippen molar-refractivity contribution in [3.05, 3.63) is 29.8 Å². The highest BCUT2D eigenvalue weighted by Gasteiger charge is 2.45. The van der Waals surface area contributed by atoms with Crippen molar-refractivity contribution in [1.29, 1.82) is 0 Å². The fraction of sp³-hybridized carbons (Fsp3) is 0.571. The second-order valence-electron chi connectivity index (χ2n) is 6.02. The minimum Gasteiger partial charge on any atom is -0.379 e. The van der Waals surface area contributed by atoms with E-state index in [1.54, 1.807) is 0 Å². The molecule has 1 aromatic carbocycles. The summed E-state index contributed by atoms with van der Waals surface area (Å²) < 4.78 is 32.2. The van der Waals surface area contributed by atoms with E-state index >= 15 is 0 Å². The van der Waals surface area contributed by atoms with Gasteiger partial charge in [0.15, 0.2) is 0 Å². The Bertz CT molecular complexity index is 437. The first-order valence-electron chi connectivity index (χ1n) is 6.11. The van der Waals surface area contributed by atoms with Gasteiger partial charge in [0.25, 0.3) is 0 Å². The number of nitrogens with one attached hydrogen (secondary N) is 1. The maximum Gasteiger partial charge on any atom is 0.128 e. The molecule has 0 bridgehead atoms. The summed E-state index contributed by atoms with van der Waals surface area (Å²) >= 11 is 0. The highest BCUT2D eigenvalue weighted by atomic mass is 19.1. The standard InChI is InChI=1S/C14H19F2NO/c1-13(2)8-12(14(3,4)18-13)17-11-6-9(15)5-10(16)7-11/h5-7,12,17H,8H2,1-4H3. The predicted molar refractivity (Wildman–Crippen MR) is 67.6 cm³/mol. The zero-order valence-corrected chi connectivity index (χ0v) is 11.2. The lowest BCUT2D eigenvalue weighted by atomic mass is 9.94. The molecule has 1 aliphatic heterocycles. The van der Waals surface area contributed by atoms with E-state index in [0.29, 0.717) is 5.69 Å². The van der Waals surface area contributed by atoms with E-state index in [1.165, 1.54) is 12.1 Å². The van der Waals surface area contributed by atoms with Crippen LogP contribution >= 0.6 is 0 Å². The largest absolute Gasteiger partial charge is 0.379 e. The van der Waals surface area contributed by atoms with E-state index in [-0.39, 0.29) is 17.2 Å². The predicted octanol–water partition coefficient (Wildman–Crippen LogP) is 3.72. The zero-order valence-electron chi connectivity index (χ0n) is 11.2. The van der Waals surface area contributed by atoms with Crippen LogP contribution in [0.2, 0.25) is 0 Å². The second-order valence-corrected chi connectivity index (χ2v) is 6.02. The Labute approximate surface area is 106 Å². The molecule has 100 valence electrons. The quantitative estimate of drug-likeness (QED) is 0.869. The monoisotopic (exact) mass is 255 g/mol. The molecule has 1 aliphatic rings. The van der Waals surface area contributed by atoms with Crippen LogP contribution in [0.15, 0.2) is 18.2 Å². The molecule has 0 saturated carbocycles. The smallest absolute Gasteiger partial charge is 0.128 e. The van der Waals surface area contributed by atoms with E-state index in [0.717, 1.165) is 12.5 Å². The Morgan fingerprint density at radius 1 is 1.11 bits per heavy atom. The highest BCUT2D eigenvalue weighted by Crippen LogP contribution is 2.38. The van der Waals surface area contributed by atoms with Crippen LogP contribution in [0.1, 0.15) is 34.1 Å². The molecule has 0 spiro atoms. The van der Waals surface area contributed by atoms with E-state index in [1.807, 2.05) is 27.7 Å². The Morgan fingerprint density at radius 2 is 1.67 bits per heavy atom. The van der Waals surface area contributed by atoms with Gasteiger partial charge in [-0.1, -0.05) is 0 Å². The molecule has 1 fully saturated rings. The first kappa shape index (κ1) is 13.3. The molecule has 1 unspecified atom stereocenters. The van der Waals surface area contributed by atoms with Crippen molar-refractivity contribution >= 4 is 5.69 Å². The number of rotatable bonds is 2. The number of hydrogen-bond donors (Lipinski definition) is 1. The van der Waals surface area contributed by atoms with Gasteiger partial charge >= 0.3 is 0 Å². The molecule has 18 heavy (non-hydrogen) atoms. The molecule has 1 aromatic rings. The van der Waals surface area contributed by atoms with Gasteiger partial charge in [-0.05, 0) is 46.2 Å². The molecule has 0 aliphatic carbocycles.